The fraction of sp³-hybridized carbons (Fsp3) is 0.600. The third kappa shape index (κ3) is 6.22. The first-order chi connectivity index (χ1) is 6.60. The number of carboxylic acid groups (broad SMARTS) is 1. The lowest BCUT2D eigenvalue weighted by Gasteiger charge is -2.14. The van der Waals surface area contributed by atoms with Crippen molar-refractivity contribution in [3.8, 4) is 0 Å². The Labute approximate surface area is 84.0 Å². The summed E-state index contributed by atoms with van der Waals surface area (Å²) in [5.74, 6) is -1.11. The van der Waals surface area contributed by atoms with E-state index in [0.29, 0.717) is 6.42 Å². The summed E-state index contributed by atoms with van der Waals surface area (Å²) in [6, 6.07) is -0.263. The number of hydrogen-bond acceptors (Lipinski definition) is 2. The molecule has 4 nitrogen and oxygen atoms in total. The molecule has 0 aliphatic heterocycles. The summed E-state index contributed by atoms with van der Waals surface area (Å²) in [7, 11) is 0. The molecule has 0 aromatic heterocycles. The van der Waals surface area contributed by atoms with Crippen molar-refractivity contribution in [1.82, 2.24) is 5.32 Å². The minimum atomic E-state index is -0.885. The molecule has 2 N–H and O–H groups in total. The molecule has 0 saturated carbocycles. The van der Waals surface area contributed by atoms with Crippen molar-refractivity contribution >= 4 is 11.9 Å². The second-order valence-corrected chi connectivity index (χ2v) is 3.09. The first-order valence-corrected chi connectivity index (χ1v) is 4.75. The first-order valence-electron chi connectivity index (χ1n) is 4.75. The van der Waals surface area contributed by atoms with E-state index < -0.39 is 5.97 Å². The largest absolute Gasteiger partial charge is 0.481 e. The second kappa shape index (κ2) is 7.12. The van der Waals surface area contributed by atoms with Gasteiger partial charge in [-0.3, -0.25) is 9.59 Å². The van der Waals surface area contributed by atoms with Crippen molar-refractivity contribution in [3.63, 3.8) is 0 Å². The molecular formula is C10H17NO3. The van der Waals surface area contributed by atoms with Crippen LogP contribution < -0.4 is 5.32 Å². The molecule has 0 fully saturated rings. The predicted molar refractivity (Wildman–Crippen MR) is 53.9 cm³/mol. The molecule has 0 bridgehead atoms. The number of carbonyl (C=O) groups excluding carboxylic acids is 1. The van der Waals surface area contributed by atoms with Crippen LogP contribution in [0.5, 0.6) is 0 Å². The highest BCUT2D eigenvalue weighted by Crippen LogP contribution is 2.01. The standard InChI is InChI=1S/C10H17NO3/c1-3-5-8(7-10(13)14)11-9(12)6-4-2/h4,6,8H,3,5,7H2,1-2H3,(H,11,12)(H,13,14)/b6-4+. The molecular weight excluding hydrogens is 182 g/mol. The lowest BCUT2D eigenvalue weighted by molar-refractivity contribution is -0.137. The van der Waals surface area contributed by atoms with Gasteiger partial charge in [-0.25, -0.2) is 0 Å². The zero-order chi connectivity index (χ0) is 11.0. The van der Waals surface area contributed by atoms with Crippen LogP contribution in [0, 0.1) is 0 Å². The van der Waals surface area contributed by atoms with Gasteiger partial charge >= 0.3 is 5.97 Å². The summed E-state index contributed by atoms with van der Waals surface area (Å²) in [5.41, 5.74) is 0. The van der Waals surface area contributed by atoms with Crippen LogP contribution in [0.3, 0.4) is 0 Å². The fourth-order valence-corrected chi connectivity index (χ4v) is 1.19. The maximum atomic E-state index is 11.1. The fourth-order valence-electron chi connectivity index (χ4n) is 1.19. The summed E-state index contributed by atoms with van der Waals surface area (Å²) in [6.45, 7) is 3.70. The Morgan fingerprint density at radius 2 is 2.14 bits per heavy atom. The van der Waals surface area contributed by atoms with Gasteiger partial charge in [0, 0.05) is 6.04 Å². The van der Waals surface area contributed by atoms with Gasteiger partial charge in [0.1, 0.15) is 0 Å². The number of hydrogen-bond donors (Lipinski definition) is 2. The Balaban J connectivity index is 4.07. The number of carboxylic acids is 1. The maximum Gasteiger partial charge on any atom is 0.305 e. The number of carbonyl (C=O) groups is 2. The number of aliphatic carboxylic acids is 1. The molecule has 0 radical (unpaired) electrons. The van der Waals surface area contributed by atoms with E-state index in [1.807, 2.05) is 6.92 Å². The van der Waals surface area contributed by atoms with Crippen LogP contribution in [-0.4, -0.2) is 23.0 Å². The summed E-state index contributed by atoms with van der Waals surface area (Å²) in [4.78, 5) is 21.6. The van der Waals surface area contributed by atoms with Crippen LogP contribution >= 0.6 is 0 Å². The van der Waals surface area contributed by atoms with Crippen LogP contribution in [0.25, 0.3) is 0 Å². The Kier molecular flexibility index (Phi) is 6.45. The molecule has 0 aromatic rings. The normalized spacial score (nSPS) is 12.7. The number of rotatable bonds is 6. The average molecular weight is 199 g/mol. The number of allylic oxidation sites excluding steroid dienone is 1. The third-order valence-corrected chi connectivity index (χ3v) is 1.72. The highest BCUT2D eigenvalue weighted by molar-refractivity contribution is 5.87. The van der Waals surface area contributed by atoms with Gasteiger partial charge in [-0.1, -0.05) is 19.4 Å². The number of amides is 1. The van der Waals surface area contributed by atoms with Gasteiger partial charge in [-0.05, 0) is 19.4 Å². The van der Waals surface area contributed by atoms with E-state index in [1.165, 1.54) is 6.08 Å². The molecule has 0 spiro atoms. The van der Waals surface area contributed by atoms with Gasteiger partial charge in [0.2, 0.25) is 5.91 Å². The first kappa shape index (κ1) is 12.7. The highest BCUT2D eigenvalue weighted by Gasteiger charge is 2.13. The summed E-state index contributed by atoms with van der Waals surface area (Å²) in [6.07, 6.45) is 4.55. The van der Waals surface area contributed by atoms with Crippen LogP contribution in [0.2, 0.25) is 0 Å². The monoisotopic (exact) mass is 199 g/mol. The van der Waals surface area contributed by atoms with Gasteiger partial charge in [-0.2, -0.15) is 0 Å². The predicted octanol–water partition coefficient (Wildman–Crippen LogP) is 1.32. The van der Waals surface area contributed by atoms with E-state index in [-0.39, 0.29) is 18.4 Å². The van der Waals surface area contributed by atoms with Crippen molar-refractivity contribution in [1.29, 1.82) is 0 Å². The Morgan fingerprint density at radius 3 is 2.57 bits per heavy atom. The SMILES string of the molecule is C/C=C/C(=O)NC(CCC)CC(=O)O. The third-order valence-electron chi connectivity index (χ3n) is 1.72. The zero-order valence-electron chi connectivity index (χ0n) is 8.62. The average Bonchev–Trinajstić information content (AvgIpc) is 2.03. The van der Waals surface area contributed by atoms with E-state index in [1.54, 1.807) is 13.0 Å². The van der Waals surface area contributed by atoms with Crippen molar-refractivity contribution in [2.75, 3.05) is 0 Å². The summed E-state index contributed by atoms with van der Waals surface area (Å²) >= 11 is 0. The summed E-state index contributed by atoms with van der Waals surface area (Å²) in [5, 5.41) is 11.2. The lowest BCUT2D eigenvalue weighted by Crippen LogP contribution is -2.35. The molecule has 0 saturated heterocycles. The molecule has 4 heteroatoms. The van der Waals surface area contributed by atoms with Crippen LogP contribution in [0.15, 0.2) is 12.2 Å². The summed E-state index contributed by atoms with van der Waals surface area (Å²) < 4.78 is 0. The van der Waals surface area contributed by atoms with Gasteiger partial charge < -0.3 is 10.4 Å². The molecule has 0 aliphatic rings. The van der Waals surface area contributed by atoms with Crippen LogP contribution in [0.4, 0.5) is 0 Å². The van der Waals surface area contributed by atoms with Gasteiger partial charge in [0.25, 0.3) is 0 Å². The van der Waals surface area contributed by atoms with Gasteiger partial charge in [0.05, 0.1) is 6.42 Å². The van der Waals surface area contributed by atoms with E-state index in [2.05, 4.69) is 5.32 Å². The van der Waals surface area contributed by atoms with Crippen molar-refractivity contribution < 1.29 is 14.7 Å². The molecule has 1 unspecified atom stereocenters. The molecule has 0 aliphatic carbocycles. The highest BCUT2D eigenvalue weighted by atomic mass is 16.4. The molecule has 0 heterocycles. The molecule has 14 heavy (non-hydrogen) atoms. The molecule has 1 atom stereocenters. The Bertz CT molecular complexity index is 223. The van der Waals surface area contributed by atoms with Crippen LogP contribution in [0.1, 0.15) is 33.1 Å². The minimum Gasteiger partial charge on any atom is -0.481 e. The zero-order valence-corrected chi connectivity index (χ0v) is 8.62. The van der Waals surface area contributed by atoms with E-state index in [0.717, 1.165) is 6.42 Å². The minimum absolute atomic E-state index is 0.0167. The van der Waals surface area contributed by atoms with Gasteiger partial charge in [0.15, 0.2) is 0 Å². The molecule has 0 aromatic carbocycles. The Hall–Kier alpha value is -1.32. The smallest absolute Gasteiger partial charge is 0.305 e. The maximum absolute atomic E-state index is 11.1. The van der Waals surface area contributed by atoms with Crippen LogP contribution in [-0.2, 0) is 9.59 Å². The van der Waals surface area contributed by atoms with E-state index in [4.69, 9.17) is 5.11 Å². The molecule has 80 valence electrons. The molecule has 0 rings (SSSR count). The van der Waals surface area contributed by atoms with Crippen molar-refractivity contribution in [3.05, 3.63) is 12.2 Å². The Morgan fingerprint density at radius 1 is 1.50 bits per heavy atom. The second-order valence-electron chi connectivity index (χ2n) is 3.09. The van der Waals surface area contributed by atoms with Crippen molar-refractivity contribution in [2.24, 2.45) is 0 Å². The quantitative estimate of drug-likeness (QED) is 0.634. The van der Waals surface area contributed by atoms with Gasteiger partial charge in [-0.15, -0.1) is 0 Å². The van der Waals surface area contributed by atoms with E-state index >= 15 is 0 Å². The van der Waals surface area contributed by atoms with E-state index in [9.17, 15) is 9.59 Å². The lowest BCUT2D eigenvalue weighted by atomic mass is 10.1. The van der Waals surface area contributed by atoms with Crippen molar-refractivity contribution in [2.45, 2.75) is 39.2 Å². The number of nitrogens with one attached hydrogen (secondary N) is 1. The topological polar surface area (TPSA) is 66.4 Å². The molecule has 1 amide bonds.